The van der Waals surface area contributed by atoms with E-state index in [-0.39, 0.29) is 53.5 Å². The largest absolute Gasteiger partial charge is 0.507 e. The molecule has 382 valence electrons. The lowest BCUT2D eigenvalue weighted by atomic mass is 9.85. The number of fused-ring (bicyclic) bond motifs is 3. The number of carbonyl (C=O) groups is 6. The van der Waals surface area contributed by atoms with E-state index in [1.54, 1.807) is 18.2 Å². The van der Waals surface area contributed by atoms with Crippen LogP contribution in [0.25, 0.3) is 0 Å². The molecule has 3 aliphatic heterocycles. The Hall–Kier alpha value is -6.30. The molecule has 3 unspecified atom stereocenters. The molecule has 3 aromatic rings. The SMILES string of the molecule is CC(=O)CC(=O)/C=C/CC1(C)CCc2c(C)c(O)c(C)c(C)c2O1.CC(=O)Oc1c(C)c(C)c2c(c1C)CCC(C)(C/C=C/C(=O)CC(=O)/C=C/CC1(C)CCc3c(C)c(OC(C)=O)c(C)c(C)c3O1)O2. The second-order valence-corrected chi connectivity index (χ2v) is 20.7. The Kier molecular flexibility index (Phi) is 17.6. The summed E-state index contributed by atoms with van der Waals surface area (Å²) in [5.74, 6) is 2.55. The van der Waals surface area contributed by atoms with Crippen LogP contribution in [0.1, 0.15) is 160 Å². The quantitative estimate of drug-likeness (QED) is 0.0663. The van der Waals surface area contributed by atoms with E-state index in [2.05, 4.69) is 0 Å². The highest BCUT2D eigenvalue weighted by Crippen LogP contribution is 2.47. The van der Waals surface area contributed by atoms with E-state index in [0.717, 1.165) is 123 Å². The Morgan fingerprint density at radius 3 is 1.10 bits per heavy atom. The second-order valence-electron chi connectivity index (χ2n) is 20.7. The number of hydrogen-bond acceptors (Lipinski definition) is 12. The summed E-state index contributed by atoms with van der Waals surface area (Å²) in [6.45, 7) is 27.8. The van der Waals surface area contributed by atoms with Crippen LogP contribution in [0.5, 0.6) is 34.5 Å². The van der Waals surface area contributed by atoms with E-state index in [0.29, 0.717) is 36.5 Å². The topological polar surface area (TPSA) is 169 Å². The molecule has 3 heterocycles. The molecule has 0 fully saturated rings. The lowest BCUT2D eigenvalue weighted by molar-refractivity contribution is -0.132. The zero-order valence-corrected chi connectivity index (χ0v) is 44.7. The fourth-order valence-corrected chi connectivity index (χ4v) is 9.80. The number of benzene rings is 3. The van der Waals surface area contributed by atoms with Crippen molar-refractivity contribution < 1.29 is 57.6 Å². The third-order valence-electron chi connectivity index (χ3n) is 14.5. The first kappa shape index (κ1) is 55.6. The van der Waals surface area contributed by atoms with Crippen molar-refractivity contribution in [2.24, 2.45) is 0 Å². The van der Waals surface area contributed by atoms with Crippen LogP contribution in [0.15, 0.2) is 36.5 Å². The zero-order valence-electron chi connectivity index (χ0n) is 44.7. The van der Waals surface area contributed by atoms with E-state index in [1.165, 1.54) is 39.0 Å². The van der Waals surface area contributed by atoms with Crippen molar-refractivity contribution in [2.45, 2.75) is 191 Å². The summed E-state index contributed by atoms with van der Waals surface area (Å²) < 4.78 is 30.3. The summed E-state index contributed by atoms with van der Waals surface area (Å²) in [5, 5.41) is 10.2. The molecule has 12 heteroatoms. The van der Waals surface area contributed by atoms with Crippen molar-refractivity contribution in [1.82, 2.24) is 0 Å². The predicted molar refractivity (Wildman–Crippen MR) is 275 cm³/mol. The van der Waals surface area contributed by atoms with Crippen LogP contribution < -0.4 is 23.7 Å². The molecule has 3 aromatic carbocycles. The van der Waals surface area contributed by atoms with Crippen molar-refractivity contribution in [3.8, 4) is 34.5 Å². The third kappa shape index (κ3) is 13.2. The molecule has 0 radical (unpaired) electrons. The van der Waals surface area contributed by atoms with Gasteiger partial charge in [0, 0.05) is 49.8 Å². The molecule has 0 bridgehead atoms. The molecule has 6 rings (SSSR count). The van der Waals surface area contributed by atoms with E-state index < -0.39 is 11.2 Å². The molecule has 1 N–H and O–H groups in total. The van der Waals surface area contributed by atoms with Gasteiger partial charge in [0.05, 0.1) is 12.8 Å². The number of allylic oxidation sites excluding steroid dienone is 3. The normalized spacial score (nSPS) is 20.2. The van der Waals surface area contributed by atoms with Crippen molar-refractivity contribution in [2.75, 3.05) is 0 Å². The molecule has 3 aliphatic rings. The van der Waals surface area contributed by atoms with E-state index in [1.807, 2.05) is 83.1 Å². The molecular formula is C59H74O12. The monoisotopic (exact) mass is 975 g/mol. The highest BCUT2D eigenvalue weighted by molar-refractivity contribution is 6.08. The summed E-state index contributed by atoms with van der Waals surface area (Å²) in [5.41, 5.74) is 9.94. The molecule has 71 heavy (non-hydrogen) atoms. The molecular weight excluding hydrogens is 901 g/mol. The lowest BCUT2D eigenvalue weighted by Crippen LogP contribution is -2.36. The number of Topliss-reactive ketones (excluding diaryl/α,β-unsaturated/α-hetero) is 1. The summed E-state index contributed by atoms with van der Waals surface area (Å²) >= 11 is 0. The van der Waals surface area contributed by atoms with Crippen molar-refractivity contribution in [1.29, 1.82) is 0 Å². The first-order valence-corrected chi connectivity index (χ1v) is 24.7. The predicted octanol–water partition coefficient (Wildman–Crippen LogP) is 11.6. The third-order valence-corrected chi connectivity index (χ3v) is 14.5. The van der Waals surface area contributed by atoms with Crippen molar-refractivity contribution in [3.63, 3.8) is 0 Å². The maximum absolute atomic E-state index is 12.6. The minimum Gasteiger partial charge on any atom is -0.507 e. The standard InChI is InChI=1S/C39H48O8.C20H26O4/c1-22-24(3)36-32(26(5)34(22)44-28(7)40)15-19-38(9,46-36)17-11-13-30(42)21-31(43)14-12-18-39(10)20-16-33-27(6)35(45-29(8)41)23(2)25(4)37(33)47-39;1-12(21)11-16(22)7-6-9-20(5)10-8-17-15(4)18(23)13(2)14(3)19(17)24-20/h11-14H,15-21H2,1-10H3;6-7,23H,8-11H2,1-5H3/b13-11+,14-12+;7-6+. The summed E-state index contributed by atoms with van der Waals surface area (Å²) in [7, 11) is 0. The molecule has 0 saturated carbocycles. The van der Waals surface area contributed by atoms with Crippen LogP contribution in [0.2, 0.25) is 0 Å². The van der Waals surface area contributed by atoms with Gasteiger partial charge in [-0.15, -0.1) is 0 Å². The van der Waals surface area contributed by atoms with Gasteiger partial charge < -0.3 is 28.8 Å². The number of aromatic hydroxyl groups is 1. The Labute approximate surface area is 420 Å². The van der Waals surface area contributed by atoms with Crippen molar-refractivity contribution in [3.05, 3.63) is 103 Å². The van der Waals surface area contributed by atoms with Gasteiger partial charge in [0.1, 0.15) is 57.1 Å². The van der Waals surface area contributed by atoms with Crippen molar-refractivity contribution >= 4 is 35.1 Å². The smallest absolute Gasteiger partial charge is 0.308 e. The highest BCUT2D eigenvalue weighted by Gasteiger charge is 2.37. The summed E-state index contributed by atoms with van der Waals surface area (Å²) in [6, 6.07) is 0. The van der Waals surface area contributed by atoms with Crippen LogP contribution >= 0.6 is 0 Å². The molecule has 0 spiro atoms. The molecule has 12 nitrogen and oxygen atoms in total. The van der Waals surface area contributed by atoms with E-state index >= 15 is 0 Å². The van der Waals surface area contributed by atoms with Gasteiger partial charge in [0.2, 0.25) is 0 Å². The Balaban J connectivity index is 0.000000327. The number of ketones is 4. The van der Waals surface area contributed by atoms with Crippen LogP contribution in [-0.4, -0.2) is 57.0 Å². The molecule has 3 atom stereocenters. The number of phenols is 1. The Bertz CT molecular complexity index is 2630. The van der Waals surface area contributed by atoms with Gasteiger partial charge >= 0.3 is 11.9 Å². The first-order valence-electron chi connectivity index (χ1n) is 24.7. The fourth-order valence-electron chi connectivity index (χ4n) is 9.80. The minimum absolute atomic E-state index is 0.0479. The minimum atomic E-state index is -0.508. The van der Waals surface area contributed by atoms with Gasteiger partial charge in [0.25, 0.3) is 0 Å². The second kappa shape index (κ2) is 22.4. The molecule has 0 aromatic heterocycles. The van der Waals surface area contributed by atoms with Crippen LogP contribution in [-0.2, 0) is 48.0 Å². The van der Waals surface area contributed by atoms with Gasteiger partial charge in [-0.1, -0.05) is 18.2 Å². The average Bonchev–Trinajstić information content (AvgIpc) is 3.28. The molecule has 0 amide bonds. The Morgan fingerprint density at radius 1 is 0.465 bits per heavy atom. The van der Waals surface area contributed by atoms with Gasteiger partial charge in [-0.3, -0.25) is 28.8 Å². The Morgan fingerprint density at radius 2 is 0.775 bits per heavy atom. The maximum Gasteiger partial charge on any atom is 0.308 e. The number of rotatable bonds is 15. The summed E-state index contributed by atoms with van der Waals surface area (Å²) in [4.78, 5) is 71.1. The highest BCUT2D eigenvalue weighted by atomic mass is 16.5. The van der Waals surface area contributed by atoms with Gasteiger partial charge in [-0.2, -0.15) is 0 Å². The lowest BCUT2D eigenvalue weighted by Gasteiger charge is -2.37. The number of hydrogen-bond donors (Lipinski definition) is 1. The van der Waals surface area contributed by atoms with Crippen LogP contribution in [0.4, 0.5) is 0 Å². The molecule has 0 aliphatic carbocycles. The van der Waals surface area contributed by atoms with Gasteiger partial charge in [-0.25, -0.2) is 0 Å². The number of ether oxygens (including phenoxy) is 5. The van der Waals surface area contributed by atoms with Gasteiger partial charge in [0.15, 0.2) is 17.3 Å². The number of carbonyl (C=O) groups excluding carboxylic acids is 6. The van der Waals surface area contributed by atoms with Crippen LogP contribution in [0, 0.1) is 62.3 Å². The number of phenolic OH excluding ortho intramolecular Hbond substituents is 1. The van der Waals surface area contributed by atoms with E-state index in [4.69, 9.17) is 23.7 Å². The average molecular weight is 975 g/mol. The first-order chi connectivity index (χ1) is 33.1. The number of esters is 2. The zero-order chi connectivity index (χ0) is 52.9. The van der Waals surface area contributed by atoms with E-state index in [9.17, 15) is 33.9 Å². The van der Waals surface area contributed by atoms with Gasteiger partial charge in [-0.05, 0) is 197 Å². The fraction of sp³-hybridized carbons (Fsp3) is 0.492. The molecule has 0 saturated heterocycles. The maximum atomic E-state index is 12.6. The summed E-state index contributed by atoms with van der Waals surface area (Å²) in [6.07, 6.45) is 15.8. The van der Waals surface area contributed by atoms with Crippen LogP contribution in [0.3, 0.4) is 0 Å².